The summed E-state index contributed by atoms with van der Waals surface area (Å²) in [6, 6.07) is 8.45. The number of morpholine rings is 1. The van der Waals surface area contributed by atoms with Crippen molar-refractivity contribution in [3.05, 3.63) is 42.1 Å². The van der Waals surface area contributed by atoms with Crippen molar-refractivity contribution in [2.45, 2.75) is 18.2 Å². The van der Waals surface area contributed by atoms with Crippen molar-refractivity contribution in [3.8, 4) is 23.2 Å². The Bertz CT molecular complexity index is 1510. The quantitative estimate of drug-likeness (QED) is 0.393. The van der Waals surface area contributed by atoms with Crippen molar-refractivity contribution in [2.75, 3.05) is 50.5 Å². The van der Waals surface area contributed by atoms with Crippen LogP contribution in [0, 0.1) is 11.8 Å². The summed E-state index contributed by atoms with van der Waals surface area (Å²) >= 11 is 0. The lowest BCUT2D eigenvalue weighted by Crippen LogP contribution is -2.45. The van der Waals surface area contributed by atoms with Gasteiger partial charge in [0.1, 0.15) is 17.2 Å². The number of halogens is 3. The maximum absolute atomic E-state index is 12.9. The number of nitrogens with two attached hydrogens (primary N) is 1. The van der Waals surface area contributed by atoms with Gasteiger partial charge in [-0.1, -0.05) is 18.1 Å². The number of ether oxygens (including phenoxy) is 2. The standard InChI is InChI=1S/C26H23F3N6O4/c1-34-10-8-25(23(34)36,39-24(37)26(27,28)29)7-5-16-3-2-4-17(15-16)21-32-19-18(6-9-31-20(19)30)22(33-21)35-11-13-38-14-12-35/h2-4,6,9,15H,8,10-14H2,1H3,(H2,30,31)/t25-/m0/s1. The number of hydrogen-bond donors (Lipinski definition) is 1. The third kappa shape index (κ3) is 5.15. The zero-order chi connectivity index (χ0) is 27.8. The first-order valence-electron chi connectivity index (χ1n) is 12.0. The fourth-order valence-corrected chi connectivity index (χ4v) is 4.41. The number of carbonyl (C=O) groups is 2. The molecule has 0 saturated carbocycles. The highest BCUT2D eigenvalue weighted by molar-refractivity contribution is 5.96. The highest BCUT2D eigenvalue weighted by Crippen LogP contribution is 2.31. The number of fused-ring (bicyclic) bond motifs is 1. The Morgan fingerprint density at radius 3 is 2.64 bits per heavy atom. The maximum atomic E-state index is 12.9. The first-order valence-corrected chi connectivity index (χ1v) is 12.0. The second-order valence-corrected chi connectivity index (χ2v) is 9.08. The Morgan fingerprint density at radius 2 is 1.95 bits per heavy atom. The molecule has 39 heavy (non-hydrogen) atoms. The van der Waals surface area contributed by atoms with Gasteiger partial charge in [0.2, 0.25) is 0 Å². The molecule has 2 aromatic heterocycles. The molecule has 2 N–H and O–H groups in total. The van der Waals surface area contributed by atoms with E-state index in [9.17, 15) is 22.8 Å². The zero-order valence-electron chi connectivity index (χ0n) is 20.8. The van der Waals surface area contributed by atoms with Gasteiger partial charge in [0.25, 0.3) is 11.5 Å². The van der Waals surface area contributed by atoms with E-state index in [4.69, 9.17) is 15.5 Å². The van der Waals surface area contributed by atoms with Gasteiger partial charge in [-0.2, -0.15) is 13.2 Å². The molecule has 2 aliphatic heterocycles. The Morgan fingerprint density at radius 1 is 1.18 bits per heavy atom. The highest BCUT2D eigenvalue weighted by Gasteiger charge is 2.53. The normalized spacial score (nSPS) is 19.6. The number of carbonyl (C=O) groups excluding carboxylic acids is 2. The van der Waals surface area contributed by atoms with Crippen molar-refractivity contribution < 1.29 is 32.2 Å². The van der Waals surface area contributed by atoms with E-state index in [1.54, 1.807) is 36.5 Å². The summed E-state index contributed by atoms with van der Waals surface area (Å²) < 4.78 is 48.9. The maximum Gasteiger partial charge on any atom is 0.490 e. The number of nitrogen functional groups attached to an aromatic ring is 1. The minimum Gasteiger partial charge on any atom is -0.429 e. The molecular weight excluding hydrogens is 517 g/mol. The van der Waals surface area contributed by atoms with Gasteiger partial charge in [-0.05, 0) is 24.1 Å². The average Bonchev–Trinajstić information content (AvgIpc) is 3.20. The van der Waals surface area contributed by atoms with Gasteiger partial charge >= 0.3 is 12.1 Å². The Hall–Kier alpha value is -4.44. The monoisotopic (exact) mass is 540 g/mol. The van der Waals surface area contributed by atoms with Gasteiger partial charge in [0.15, 0.2) is 5.82 Å². The molecule has 2 aliphatic rings. The summed E-state index contributed by atoms with van der Waals surface area (Å²) in [6.07, 6.45) is -3.87. The van der Waals surface area contributed by atoms with Crippen molar-refractivity contribution in [3.63, 3.8) is 0 Å². The van der Waals surface area contributed by atoms with E-state index < -0.39 is 23.7 Å². The first kappa shape index (κ1) is 26.2. The van der Waals surface area contributed by atoms with Crippen LogP contribution in [0.15, 0.2) is 36.5 Å². The minimum absolute atomic E-state index is 0.0867. The van der Waals surface area contributed by atoms with Gasteiger partial charge in [-0.3, -0.25) is 4.79 Å². The number of likely N-dealkylation sites (N-methyl/N-ethyl adjacent to an activating group) is 1. The van der Waals surface area contributed by atoms with Gasteiger partial charge in [0.05, 0.1) is 13.2 Å². The number of likely N-dealkylation sites (tertiary alicyclic amines) is 1. The van der Waals surface area contributed by atoms with Crippen LogP contribution in [0.25, 0.3) is 22.3 Å². The van der Waals surface area contributed by atoms with Gasteiger partial charge in [0, 0.05) is 55.8 Å². The number of hydrogen-bond acceptors (Lipinski definition) is 9. The molecule has 0 spiro atoms. The molecule has 4 heterocycles. The lowest BCUT2D eigenvalue weighted by atomic mass is 10.0. The molecule has 1 amide bonds. The topological polar surface area (TPSA) is 124 Å². The van der Waals surface area contributed by atoms with Crippen LogP contribution in [0.5, 0.6) is 0 Å². The molecular formula is C26H23F3N6O4. The average molecular weight is 541 g/mol. The molecule has 3 aromatic rings. The number of aromatic nitrogens is 3. The van der Waals surface area contributed by atoms with Crippen LogP contribution >= 0.6 is 0 Å². The molecule has 1 aromatic carbocycles. The minimum atomic E-state index is -5.27. The number of amides is 1. The Kier molecular flexibility index (Phi) is 6.73. The summed E-state index contributed by atoms with van der Waals surface area (Å²) in [5.41, 5.74) is 5.28. The second kappa shape index (κ2) is 10.0. The lowest BCUT2D eigenvalue weighted by Gasteiger charge is -2.29. The lowest BCUT2D eigenvalue weighted by molar-refractivity contribution is -0.209. The predicted molar refractivity (Wildman–Crippen MR) is 134 cm³/mol. The first-order chi connectivity index (χ1) is 18.6. The van der Waals surface area contributed by atoms with Crippen LogP contribution in [-0.2, 0) is 19.1 Å². The fraction of sp³-hybridized carbons (Fsp3) is 0.346. The molecule has 0 aliphatic carbocycles. The molecule has 0 radical (unpaired) electrons. The molecule has 13 heteroatoms. The van der Waals surface area contributed by atoms with E-state index in [-0.39, 0.29) is 18.8 Å². The summed E-state index contributed by atoms with van der Waals surface area (Å²) in [5, 5.41) is 0.737. The summed E-state index contributed by atoms with van der Waals surface area (Å²) in [7, 11) is 1.40. The number of benzene rings is 1. The van der Waals surface area contributed by atoms with E-state index in [2.05, 4.69) is 31.4 Å². The summed E-state index contributed by atoms with van der Waals surface area (Å²) in [6.45, 7) is 2.42. The highest BCUT2D eigenvalue weighted by atomic mass is 19.4. The van der Waals surface area contributed by atoms with E-state index in [0.717, 1.165) is 5.39 Å². The van der Waals surface area contributed by atoms with Crippen LogP contribution in [0.3, 0.4) is 0 Å². The van der Waals surface area contributed by atoms with Gasteiger partial charge in [-0.25, -0.2) is 19.7 Å². The van der Waals surface area contributed by atoms with E-state index in [0.29, 0.717) is 54.6 Å². The Balaban J connectivity index is 1.54. The molecule has 2 saturated heterocycles. The number of alkyl halides is 3. The van der Waals surface area contributed by atoms with Crippen molar-refractivity contribution in [1.29, 1.82) is 0 Å². The number of anilines is 2. The van der Waals surface area contributed by atoms with E-state index in [1.165, 1.54) is 11.9 Å². The third-order valence-corrected chi connectivity index (χ3v) is 6.45. The molecule has 202 valence electrons. The summed E-state index contributed by atoms with van der Waals surface area (Å²) in [5.74, 6) is 3.16. The largest absolute Gasteiger partial charge is 0.490 e. The second-order valence-electron chi connectivity index (χ2n) is 9.08. The summed E-state index contributed by atoms with van der Waals surface area (Å²) in [4.78, 5) is 41.1. The van der Waals surface area contributed by atoms with Gasteiger partial charge < -0.3 is 25.0 Å². The van der Waals surface area contributed by atoms with Crippen LogP contribution in [0.2, 0.25) is 0 Å². The predicted octanol–water partition coefficient (Wildman–Crippen LogP) is 2.17. The van der Waals surface area contributed by atoms with Crippen molar-refractivity contribution >= 4 is 34.4 Å². The molecule has 10 nitrogen and oxygen atoms in total. The van der Waals surface area contributed by atoms with Gasteiger partial charge in [-0.15, -0.1) is 0 Å². The smallest absolute Gasteiger partial charge is 0.429 e. The molecule has 5 rings (SSSR count). The number of pyridine rings is 1. The van der Waals surface area contributed by atoms with Crippen molar-refractivity contribution in [1.82, 2.24) is 19.9 Å². The fourth-order valence-electron chi connectivity index (χ4n) is 4.41. The van der Waals surface area contributed by atoms with Crippen LogP contribution < -0.4 is 10.6 Å². The number of esters is 1. The van der Waals surface area contributed by atoms with E-state index >= 15 is 0 Å². The molecule has 0 unspecified atom stereocenters. The van der Waals surface area contributed by atoms with Crippen LogP contribution in [0.4, 0.5) is 24.8 Å². The van der Waals surface area contributed by atoms with E-state index in [1.807, 2.05) is 0 Å². The number of nitrogens with zero attached hydrogens (tertiary/aromatic N) is 5. The third-order valence-electron chi connectivity index (χ3n) is 6.45. The zero-order valence-corrected chi connectivity index (χ0v) is 20.8. The molecule has 0 bridgehead atoms. The van der Waals surface area contributed by atoms with Crippen LogP contribution in [0.1, 0.15) is 12.0 Å². The number of rotatable bonds is 3. The molecule has 1 atom stereocenters. The van der Waals surface area contributed by atoms with Crippen molar-refractivity contribution in [2.24, 2.45) is 0 Å². The Labute approximate surface area is 220 Å². The SMILES string of the molecule is CN1CC[C@](C#Cc2cccc(-c3nc(N4CCOCC4)c4ccnc(N)c4n3)c2)(OC(=O)C(F)(F)F)C1=O. The molecule has 2 fully saturated rings. The van der Waals surface area contributed by atoms with Crippen LogP contribution in [-0.4, -0.2) is 83.4 Å².